The third-order valence-corrected chi connectivity index (χ3v) is 8.00. The van der Waals surface area contributed by atoms with Gasteiger partial charge in [-0.1, -0.05) is 55.8 Å². The van der Waals surface area contributed by atoms with Crippen LogP contribution in [0.25, 0.3) is 0 Å². The zero-order chi connectivity index (χ0) is 23.6. The fourth-order valence-electron chi connectivity index (χ4n) is 3.03. The summed E-state index contributed by atoms with van der Waals surface area (Å²) in [5, 5.41) is 0.421. The molecule has 1 aliphatic rings. The van der Waals surface area contributed by atoms with E-state index in [9.17, 15) is 13.2 Å². The predicted molar refractivity (Wildman–Crippen MR) is 136 cm³/mol. The van der Waals surface area contributed by atoms with Gasteiger partial charge in [0.25, 0.3) is 10.0 Å². The molecule has 0 unspecified atom stereocenters. The molecule has 166 valence electrons. The van der Waals surface area contributed by atoms with Crippen molar-refractivity contribution < 1.29 is 13.2 Å². The third-order valence-electron chi connectivity index (χ3n) is 4.71. The molecule has 0 spiro atoms. The van der Waals surface area contributed by atoms with Crippen molar-refractivity contribution >= 4 is 70.8 Å². The maximum absolute atomic E-state index is 13.0. The molecule has 0 saturated heterocycles. The van der Waals surface area contributed by atoms with Crippen molar-refractivity contribution in [2.45, 2.75) is 25.7 Å². The minimum atomic E-state index is -4.07. The second-order valence-corrected chi connectivity index (χ2v) is 10.9. The highest BCUT2D eigenvalue weighted by Crippen LogP contribution is 2.36. The number of sulfonamides is 1. The maximum atomic E-state index is 13.0. The molecular weight excluding hydrogens is 580 g/mol. The van der Waals surface area contributed by atoms with Crippen LogP contribution < -0.4 is 0 Å². The SMILES string of the molecule is CC1=C(Br)C(=NC(=NS(=O)(=O)c2ccc(Cl)cc2)c2ccccc2)C(C(C)C)=C(Br)C1=O. The Bertz CT molecular complexity index is 1290. The lowest BCUT2D eigenvalue weighted by molar-refractivity contribution is -0.111. The van der Waals surface area contributed by atoms with Gasteiger partial charge in [-0.3, -0.25) is 4.79 Å². The van der Waals surface area contributed by atoms with Crippen molar-refractivity contribution in [3.05, 3.63) is 85.3 Å². The highest BCUT2D eigenvalue weighted by Gasteiger charge is 2.31. The monoisotopic (exact) mass is 596 g/mol. The van der Waals surface area contributed by atoms with Crippen LogP contribution >= 0.6 is 43.5 Å². The van der Waals surface area contributed by atoms with Gasteiger partial charge in [-0.15, -0.1) is 4.40 Å². The molecule has 0 saturated carbocycles. The molecule has 32 heavy (non-hydrogen) atoms. The van der Waals surface area contributed by atoms with Crippen molar-refractivity contribution in [1.29, 1.82) is 0 Å². The number of nitrogens with zero attached hydrogens (tertiary/aromatic N) is 2. The highest BCUT2D eigenvalue weighted by molar-refractivity contribution is 9.12. The van der Waals surface area contributed by atoms with E-state index in [-0.39, 0.29) is 22.4 Å². The van der Waals surface area contributed by atoms with E-state index >= 15 is 0 Å². The number of carbonyl (C=O) groups is 1. The van der Waals surface area contributed by atoms with Crippen LogP contribution in [0.2, 0.25) is 5.02 Å². The first-order chi connectivity index (χ1) is 15.0. The molecule has 0 heterocycles. The number of hydrogen-bond acceptors (Lipinski definition) is 3. The van der Waals surface area contributed by atoms with Gasteiger partial charge in [0, 0.05) is 16.2 Å². The Kier molecular flexibility index (Phi) is 7.70. The van der Waals surface area contributed by atoms with E-state index in [1.807, 2.05) is 19.9 Å². The summed E-state index contributed by atoms with van der Waals surface area (Å²) in [5.74, 6) is -0.197. The first kappa shape index (κ1) is 24.8. The topological polar surface area (TPSA) is 75.9 Å². The number of allylic oxidation sites excluding steroid dienone is 4. The molecule has 9 heteroatoms. The zero-order valence-electron chi connectivity index (χ0n) is 17.4. The number of carbonyl (C=O) groups excluding carboxylic acids is 1. The van der Waals surface area contributed by atoms with Crippen LogP contribution in [0.3, 0.4) is 0 Å². The first-order valence-corrected chi connectivity index (χ1v) is 13.0. The molecule has 5 nitrogen and oxygen atoms in total. The van der Waals surface area contributed by atoms with Gasteiger partial charge >= 0.3 is 0 Å². The summed E-state index contributed by atoms with van der Waals surface area (Å²) in [4.78, 5) is 17.3. The van der Waals surface area contributed by atoms with Crippen LogP contribution in [0.4, 0.5) is 0 Å². The normalized spacial score (nSPS) is 17.0. The minimum Gasteiger partial charge on any atom is -0.288 e. The second-order valence-electron chi connectivity index (χ2n) is 7.32. The van der Waals surface area contributed by atoms with E-state index in [4.69, 9.17) is 11.6 Å². The van der Waals surface area contributed by atoms with E-state index in [1.165, 1.54) is 24.3 Å². The lowest BCUT2D eigenvalue weighted by Gasteiger charge is -2.22. The Balaban J connectivity index is 2.28. The van der Waals surface area contributed by atoms with Crippen LogP contribution in [0.15, 0.2) is 89.0 Å². The van der Waals surface area contributed by atoms with Crippen molar-refractivity contribution in [3.8, 4) is 0 Å². The average Bonchev–Trinajstić information content (AvgIpc) is 2.76. The lowest BCUT2D eigenvalue weighted by Crippen LogP contribution is -2.23. The van der Waals surface area contributed by atoms with E-state index in [1.54, 1.807) is 31.2 Å². The summed E-state index contributed by atoms with van der Waals surface area (Å²) < 4.78 is 31.1. The Morgan fingerprint density at radius 1 is 0.969 bits per heavy atom. The predicted octanol–water partition coefficient (Wildman–Crippen LogP) is 6.47. The molecular formula is C23H19Br2ClN2O3S. The number of aliphatic imine (C=N–C) groups is 1. The Hall–Kier alpha value is -1.87. The number of benzene rings is 2. The highest BCUT2D eigenvalue weighted by atomic mass is 79.9. The molecule has 0 N–H and O–H groups in total. The molecule has 0 amide bonds. The quantitative estimate of drug-likeness (QED) is 0.230. The number of halogens is 3. The zero-order valence-corrected chi connectivity index (χ0v) is 22.2. The third kappa shape index (κ3) is 5.20. The van der Waals surface area contributed by atoms with E-state index < -0.39 is 10.0 Å². The first-order valence-electron chi connectivity index (χ1n) is 9.59. The van der Waals surface area contributed by atoms with Crippen molar-refractivity contribution in [2.75, 3.05) is 0 Å². The van der Waals surface area contributed by atoms with E-state index in [0.29, 0.717) is 36.4 Å². The van der Waals surface area contributed by atoms with Gasteiger partial charge < -0.3 is 0 Å². The van der Waals surface area contributed by atoms with Crippen LogP contribution in [0.5, 0.6) is 0 Å². The van der Waals surface area contributed by atoms with Crippen LogP contribution in [-0.4, -0.2) is 25.7 Å². The Morgan fingerprint density at radius 3 is 2.12 bits per heavy atom. The fraction of sp³-hybridized carbons (Fsp3) is 0.174. The molecule has 0 aliphatic heterocycles. The number of rotatable bonds is 4. The molecule has 0 atom stereocenters. The van der Waals surface area contributed by atoms with Gasteiger partial charge in [-0.2, -0.15) is 8.42 Å². The van der Waals surface area contributed by atoms with Gasteiger partial charge in [0.1, 0.15) is 0 Å². The smallest absolute Gasteiger partial charge is 0.284 e. The summed E-state index contributed by atoms with van der Waals surface area (Å²) >= 11 is 12.8. The second kappa shape index (κ2) is 9.95. The lowest BCUT2D eigenvalue weighted by atomic mass is 9.90. The Labute approximate surface area is 209 Å². The minimum absolute atomic E-state index is 0.000877. The molecule has 1 aliphatic carbocycles. The number of hydrogen-bond donors (Lipinski definition) is 0. The summed E-state index contributed by atoms with van der Waals surface area (Å²) in [6, 6.07) is 14.6. The Morgan fingerprint density at radius 2 is 1.56 bits per heavy atom. The largest absolute Gasteiger partial charge is 0.288 e. The molecule has 3 rings (SSSR count). The number of Topliss-reactive ketones (excluding diaryl/α,β-unsaturated/α-hetero) is 1. The number of amidine groups is 1. The van der Waals surface area contributed by atoms with Gasteiger partial charge in [0.05, 0.1) is 19.6 Å². The molecule has 2 aromatic rings. The molecule has 2 aromatic carbocycles. The van der Waals surface area contributed by atoms with Gasteiger partial charge in [-0.05, 0) is 74.5 Å². The van der Waals surface area contributed by atoms with Crippen LogP contribution in [0.1, 0.15) is 26.3 Å². The summed E-state index contributed by atoms with van der Waals surface area (Å²) in [5.41, 5.74) is 2.11. The molecule has 0 aromatic heterocycles. The molecule has 0 fully saturated rings. The van der Waals surface area contributed by atoms with Crippen molar-refractivity contribution in [2.24, 2.45) is 15.3 Å². The maximum Gasteiger partial charge on any atom is 0.284 e. The van der Waals surface area contributed by atoms with Crippen LogP contribution in [-0.2, 0) is 14.8 Å². The number of ketones is 1. The van der Waals surface area contributed by atoms with Gasteiger partial charge in [-0.25, -0.2) is 4.99 Å². The van der Waals surface area contributed by atoms with E-state index in [2.05, 4.69) is 41.3 Å². The summed E-state index contributed by atoms with van der Waals surface area (Å²) in [7, 11) is -4.07. The van der Waals surface area contributed by atoms with Gasteiger partial charge in [0.2, 0.25) is 0 Å². The van der Waals surface area contributed by atoms with Gasteiger partial charge in [0.15, 0.2) is 11.6 Å². The van der Waals surface area contributed by atoms with Crippen LogP contribution in [0, 0.1) is 5.92 Å². The fourth-order valence-corrected chi connectivity index (χ4v) is 5.54. The summed E-state index contributed by atoms with van der Waals surface area (Å²) in [6.45, 7) is 5.55. The average molecular weight is 599 g/mol. The molecule has 0 radical (unpaired) electrons. The van der Waals surface area contributed by atoms with Crippen molar-refractivity contribution in [3.63, 3.8) is 0 Å². The summed E-state index contributed by atoms with van der Waals surface area (Å²) in [6.07, 6.45) is 0. The standard InChI is InChI=1S/C23H19Br2ClN2O3S/c1-13(2)18-20(25)22(29)14(3)19(24)21(18)27-23(15-7-5-4-6-8-15)28-32(30,31)17-11-9-16(26)10-12-17/h4-13H,1-3H3. The van der Waals surface area contributed by atoms with Crippen molar-refractivity contribution in [1.82, 2.24) is 0 Å². The van der Waals surface area contributed by atoms with E-state index in [0.717, 1.165) is 0 Å². The molecule has 0 bridgehead atoms.